The molecule has 0 aromatic heterocycles. The van der Waals surface area contributed by atoms with Crippen LogP contribution in [0.4, 0.5) is 0 Å². The Hall–Kier alpha value is -0.810. The molecule has 0 saturated carbocycles. The summed E-state index contributed by atoms with van der Waals surface area (Å²) < 4.78 is 1.05. The molecule has 2 heteroatoms. The summed E-state index contributed by atoms with van der Waals surface area (Å²) in [5, 5.41) is 7.32. The van der Waals surface area contributed by atoms with Crippen molar-refractivity contribution >= 4 is 15.9 Å². The van der Waals surface area contributed by atoms with Gasteiger partial charge in [0.15, 0.2) is 0 Å². The maximum absolute atomic E-state index is 7.32. The molecule has 0 radical (unpaired) electrons. The summed E-state index contributed by atoms with van der Waals surface area (Å²) in [5.41, 5.74) is 0. The summed E-state index contributed by atoms with van der Waals surface area (Å²) in [5.74, 6) is 0. The van der Waals surface area contributed by atoms with E-state index in [4.69, 9.17) is 5.26 Å². The van der Waals surface area contributed by atoms with E-state index in [9.17, 15) is 0 Å². The van der Waals surface area contributed by atoms with Crippen molar-refractivity contribution in [3.8, 4) is 6.07 Å². The van der Waals surface area contributed by atoms with Crippen LogP contribution in [0.25, 0.3) is 0 Å². The standard InChI is InChI=1S/C7H9Br.C2H3N/c1-3-5-7(8)6-4-2;1-2-3/h3-6H,1H2,2H3;1H3/b6-4-,7-5+;. The van der Waals surface area contributed by atoms with E-state index in [-0.39, 0.29) is 0 Å². The van der Waals surface area contributed by atoms with E-state index in [0.717, 1.165) is 4.48 Å². The lowest BCUT2D eigenvalue weighted by Gasteiger charge is -1.80. The Morgan fingerprint density at radius 3 is 2.36 bits per heavy atom. The summed E-state index contributed by atoms with van der Waals surface area (Å²) in [6.07, 6.45) is 7.55. The van der Waals surface area contributed by atoms with Gasteiger partial charge in [-0.2, -0.15) is 5.26 Å². The average molecular weight is 214 g/mol. The van der Waals surface area contributed by atoms with Crippen LogP contribution in [0.5, 0.6) is 0 Å². The molecule has 0 aromatic carbocycles. The Bertz CT molecular complexity index is 184. The van der Waals surface area contributed by atoms with Crippen LogP contribution in [0, 0.1) is 11.3 Å². The van der Waals surface area contributed by atoms with E-state index in [0.29, 0.717) is 0 Å². The third-order valence-electron chi connectivity index (χ3n) is 0.603. The van der Waals surface area contributed by atoms with Gasteiger partial charge in [-0.3, -0.25) is 0 Å². The Morgan fingerprint density at radius 2 is 2.09 bits per heavy atom. The molecule has 0 heterocycles. The molecule has 0 saturated heterocycles. The second-order valence-electron chi connectivity index (χ2n) is 1.51. The highest BCUT2D eigenvalue weighted by Crippen LogP contribution is 2.05. The van der Waals surface area contributed by atoms with E-state index >= 15 is 0 Å². The minimum Gasteiger partial charge on any atom is -0.199 e. The first kappa shape index (κ1) is 12.8. The van der Waals surface area contributed by atoms with Gasteiger partial charge in [0.1, 0.15) is 0 Å². The van der Waals surface area contributed by atoms with Gasteiger partial charge in [-0.05, 0) is 13.0 Å². The molecule has 0 bridgehead atoms. The number of hydrogen-bond donors (Lipinski definition) is 0. The molecule has 0 aliphatic heterocycles. The second-order valence-corrected chi connectivity index (χ2v) is 2.43. The third-order valence-corrected chi connectivity index (χ3v) is 1.13. The predicted octanol–water partition coefficient (Wildman–Crippen LogP) is 3.56. The average Bonchev–Trinajstić information content (AvgIpc) is 1.90. The normalized spacial score (nSPS) is 9.82. The van der Waals surface area contributed by atoms with Gasteiger partial charge >= 0.3 is 0 Å². The van der Waals surface area contributed by atoms with Gasteiger partial charge in [0.05, 0.1) is 6.07 Å². The van der Waals surface area contributed by atoms with Crippen LogP contribution >= 0.6 is 15.9 Å². The summed E-state index contributed by atoms with van der Waals surface area (Å²) in [6.45, 7) is 6.94. The van der Waals surface area contributed by atoms with Gasteiger partial charge in [0, 0.05) is 11.4 Å². The van der Waals surface area contributed by atoms with Crippen molar-refractivity contribution in [1.82, 2.24) is 0 Å². The van der Waals surface area contributed by atoms with Crippen molar-refractivity contribution in [1.29, 1.82) is 5.26 Å². The Labute approximate surface area is 76.9 Å². The number of nitrogens with zero attached hydrogens (tertiary/aromatic N) is 1. The van der Waals surface area contributed by atoms with Gasteiger partial charge in [-0.25, -0.2) is 0 Å². The van der Waals surface area contributed by atoms with E-state index in [1.165, 1.54) is 6.92 Å². The second kappa shape index (κ2) is 11.9. The molecule has 0 fully saturated rings. The number of hydrogen-bond acceptors (Lipinski definition) is 1. The molecule has 0 amide bonds. The third kappa shape index (κ3) is 17.6. The molecule has 0 aliphatic carbocycles. The van der Waals surface area contributed by atoms with Crippen LogP contribution in [0.1, 0.15) is 13.8 Å². The van der Waals surface area contributed by atoms with Crippen molar-refractivity contribution in [2.75, 3.05) is 0 Å². The molecule has 0 unspecified atom stereocenters. The number of rotatable bonds is 2. The van der Waals surface area contributed by atoms with E-state index < -0.39 is 0 Å². The van der Waals surface area contributed by atoms with Crippen LogP contribution in [-0.2, 0) is 0 Å². The fourth-order valence-corrected chi connectivity index (χ4v) is 0.779. The minimum atomic E-state index is 1.05. The Balaban J connectivity index is 0. The van der Waals surface area contributed by atoms with Crippen molar-refractivity contribution in [3.05, 3.63) is 35.4 Å². The highest BCUT2D eigenvalue weighted by Gasteiger charge is 1.74. The smallest absolute Gasteiger partial charge is 0.0587 e. The lowest BCUT2D eigenvalue weighted by Crippen LogP contribution is -1.55. The first-order valence-electron chi connectivity index (χ1n) is 3.14. The van der Waals surface area contributed by atoms with Crippen molar-refractivity contribution in [2.24, 2.45) is 0 Å². The number of halogens is 1. The lowest BCUT2D eigenvalue weighted by atomic mass is 10.4. The summed E-state index contributed by atoms with van der Waals surface area (Å²) in [4.78, 5) is 0. The highest BCUT2D eigenvalue weighted by atomic mass is 79.9. The maximum atomic E-state index is 7.32. The van der Waals surface area contributed by atoms with Crippen LogP contribution < -0.4 is 0 Å². The van der Waals surface area contributed by atoms with Gasteiger partial charge < -0.3 is 0 Å². The fourth-order valence-electron chi connectivity index (χ4n) is 0.327. The Kier molecular flexibility index (Phi) is 13.9. The summed E-state index contributed by atoms with van der Waals surface area (Å²) in [6, 6.07) is 1.75. The molecule has 0 aromatic rings. The zero-order chi connectivity index (χ0) is 9.11. The van der Waals surface area contributed by atoms with Crippen LogP contribution in [0.3, 0.4) is 0 Å². The molecule has 60 valence electrons. The predicted molar refractivity (Wildman–Crippen MR) is 53.3 cm³/mol. The fraction of sp³-hybridized carbons (Fsp3) is 0.222. The zero-order valence-corrected chi connectivity index (χ0v) is 8.43. The molecule has 0 spiro atoms. The SMILES string of the molecule is C=C/C=C(Br)\C=C/C.CC#N. The molecular weight excluding hydrogens is 202 g/mol. The molecule has 0 rings (SSSR count). The van der Waals surface area contributed by atoms with Crippen molar-refractivity contribution in [3.63, 3.8) is 0 Å². The van der Waals surface area contributed by atoms with Gasteiger partial charge in [-0.15, -0.1) is 0 Å². The van der Waals surface area contributed by atoms with E-state index in [1.54, 1.807) is 12.1 Å². The van der Waals surface area contributed by atoms with E-state index in [1.807, 2.05) is 25.2 Å². The summed E-state index contributed by atoms with van der Waals surface area (Å²) in [7, 11) is 0. The maximum Gasteiger partial charge on any atom is 0.0587 e. The first-order chi connectivity index (χ1) is 5.22. The van der Waals surface area contributed by atoms with Crippen molar-refractivity contribution < 1.29 is 0 Å². The quantitative estimate of drug-likeness (QED) is 0.644. The largest absolute Gasteiger partial charge is 0.199 e. The monoisotopic (exact) mass is 213 g/mol. The van der Waals surface area contributed by atoms with Crippen molar-refractivity contribution in [2.45, 2.75) is 13.8 Å². The molecule has 0 N–H and O–H groups in total. The van der Waals surface area contributed by atoms with Gasteiger partial charge in [0.2, 0.25) is 0 Å². The zero-order valence-electron chi connectivity index (χ0n) is 6.84. The molecule has 0 atom stereocenters. The Morgan fingerprint density at radius 1 is 1.64 bits per heavy atom. The topological polar surface area (TPSA) is 23.8 Å². The summed E-state index contributed by atoms with van der Waals surface area (Å²) >= 11 is 3.30. The number of nitriles is 1. The molecule has 11 heavy (non-hydrogen) atoms. The number of allylic oxidation sites excluding steroid dienone is 5. The van der Waals surface area contributed by atoms with Gasteiger partial charge in [0.25, 0.3) is 0 Å². The van der Waals surface area contributed by atoms with E-state index in [2.05, 4.69) is 22.5 Å². The van der Waals surface area contributed by atoms with Gasteiger partial charge in [-0.1, -0.05) is 40.7 Å². The van der Waals surface area contributed by atoms with Crippen LogP contribution in [0.15, 0.2) is 35.4 Å². The first-order valence-corrected chi connectivity index (χ1v) is 3.94. The molecule has 0 aliphatic rings. The highest BCUT2D eigenvalue weighted by molar-refractivity contribution is 9.11. The van der Waals surface area contributed by atoms with Crippen LogP contribution in [0.2, 0.25) is 0 Å². The molecular formula is C9H12BrN. The van der Waals surface area contributed by atoms with Crippen LogP contribution in [-0.4, -0.2) is 0 Å². The lowest BCUT2D eigenvalue weighted by molar-refractivity contribution is 1.49. The minimum absolute atomic E-state index is 1.05. The molecule has 1 nitrogen and oxygen atoms in total.